The van der Waals surface area contributed by atoms with Crippen LogP contribution in [-0.4, -0.2) is 30.2 Å². The molecule has 1 unspecified atom stereocenters. The number of ether oxygens (including phenoxy) is 2. The first-order valence-corrected chi connectivity index (χ1v) is 5.90. The second-order valence-electron chi connectivity index (χ2n) is 4.92. The average Bonchev–Trinajstić information content (AvgIpc) is 2.15. The van der Waals surface area contributed by atoms with E-state index < -0.39 is 23.6 Å². The lowest BCUT2D eigenvalue weighted by Crippen LogP contribution is -2.39. The van der Waals surface area contributed by atoms with Crippen LogP contribution in [0.25, 0.3) is 0 Å². The number of unbranched alkanes of at least 4 members (excludes halogenated alkanes) is 1. The van der Waals surface area contributed by atoms with Gasteiger partial charge in [0.05, 0.1) is 13.0 Å². The summed E-state index contributed by atoms with van der Waals surface area (Å²) in [5.41, 5.74) is 4.96. The van der Waals surface area contributed by atoms with E-state index in [2.05, 4.69) is 0 Å². The molecule has 0 bridgehead atoms. The van der Waals surface area contributed by atoms with Crippen molar-refractivity contribution in [2.24, 2.45) is 5.73 Å². The first-order valence-electron chi connectivity index (χ1n) is 5.90. The van der Waals surface area contributed by atoms with Crippen LogP contribution in [0.2, 0.25) is 0 Å². The van der Waals surface area contributed by atoms with Crippen LogP contribution in [0, 0.1) is 0 Å². The van der Waals surface area contributed by atoms with E-state index in [1.165, 1.54) is 0 Å². The molecular weight excluding hydrogens is 222 g/mol. The molecule has 0 saturated heterocycles. The number of carbonyl (C=O) groups is 2. The Hall–Kier alpha value is -1.10. The molecule has 0 aliphatic heterocycles. The molecule has 0 saturated carbocycles. The summed E-state index contributed by atoms with van der Waals surface area (Å²) in [4.78, 5) is 22.8. The molecule has 5 nitrogen and oxygen atoms in total. The Morgan fingerprint density at radius 2 is 1.88 bits per heavy atom. The van der Waals surface area contributed by atoms with E-state index in [-0.39, 0.29) is 6.42 Å². The fourth-order valence-corrected chi connectivity index (χ4v) is 1.03. The number of nitrogens with two attached hydrogens (primary N) is 1. The molecule has 0 fully saturated rings. The highest BCUT2D eigenvalue weighted by atomic mass is 16.6. The van der Waals surface area contributed by atoms with Gasteiger partial charge in [-0.2, -0.15) is 0 Å². The molecule has 0 spiro atoms. The SMILES string of the molecule is CCCCOC(=O)CC(N)C(=O)OC(C)(C)C. The fraction of sp³-hybridized carbons (Fsp3) is 0.833. The zero-order valence-corrected chi connectivity index (χ0v) is 11.1. The maximum atomic E-state index is 11.5. The van der Waals surface area contributed by atoms with E-state index in [0.717, 1.165) is 12.8 Å². The van der Waals surface area contributed by atoms with Crippen LogP contribution >= 0.6 is 0 Å². The lowest BCUT2D eigenvalue weighted by Gasteiger charge is -2.21. The molecule has 100 valence electrons. The van der Waals surface area contributed by atoms with Gasteiger partial charge in [0, 0.05) is 0 Å². The van der Waals surface area contributed by atoms with Gasteiger partial charge in [-0.25, -0.2) is 0 Å². The lowest BCUT2D eigenvalue weighted by molar-refractivity contribution is -0.160. The van der Waals surface area contributed by atoms with Gasteiger partial charge in [0.2, 0.25) is 0 Å². The number of hydrogen-bond donors (Lipinski definition) is 1. The van der Waals surface area contributed by atoms with Crippen molar-refractivity contribution in [2.75, 3.05) is 6.61 Å². The van der Waals surface area contributed by atoms with Gasteiger partial charge in [0.25, 0.3) is 0 Å². The van der Waals surface area contributed by atoms with Crippen molar-refractivity contribution in [3.05, 3.63) is 0 Å². The van der Waals surface area contributed by atoms with Crippen molar-refractivity contribution < 1.29 is 19.1 Å². The van der Waals surface area contributed by atoms with Crippen molar-refractivity contribution in [1.29, 1.82) is 0 Å². The molecule has 2 N–H and O–H groups in total. The minimum atomic E-state index is -0.955. The summed E-state index contributed by atoms with van der Waals surface area (Å²) >= 11 is 0. The Labute approximate surface area is 103 Å². The molecule has 0 aliphatic rings. The van der Waals surface area contributed by atoms with Gasteiger partial charge < -0.3 is 15.2 Å². The summed E-state index contributed by atoms with van der Waals surface area (Å²) in [7, 11) is 0. The van der Waals surface area contributed by atoms with Crippen LogP contribution in [0.1, 0.15) is 47.0 Å². The zero-order valence-electron chi connectivity index (χ0n) is 11.1. The predicted octanol–water partition coefficient (Wildman–Crippen LogP) is 1.39. The van der Waals surface area contributed by atoms with Gasteiger partial charge in [-0.15, -0.1) is 0 Å². The highest BCUT2D eigenvalue weighted by Gasteiger charge is 2.24. The molecule has 17 heavy (non-hydrogen) atoms. The van der Waals surface area contributed by atoms with Crippen LogP contribution in [0.4, 0.5) is 0 Å². The highest BCUT2D eigenvalue weighted by Crippen LogP contribution is 2.09. The predicted molar refractivity (Wildman–Crippen MR) is 64.3 cm³/mol. The van der Waals surface area contributed by atoms with Gasteiger partial charge >= 0.3 is 11.9 Å². The van der Waals surface area contributed by atoms with Crippen LogP contribution in [-0.2, 0) is 19.1 Å². The van der Waals surface area contributed by atoms with Crippen molar-refractivity contribution in [3.63, 3.8) is 0 Å². The average molecular weight is 245 g/mol. The van der Waals surface area contributed by atoms with Crippen molar-refractivity contribution in [2.45, 2.75) is 58.6 Å². The minimum Gasteiger partial charge on any atom is -0.466 e. The molecule has 5 heteroatoms. The van der Waals surface area contributed by atoms with Crippen molar-refractivity contribution in [3.8, 4) is 0 Å². The van der Waals surface area contributed by atoms with Gasteiger partial charge in [0.15, 0.2) is 0 Å². The lowest BCUT2D eigenvalue weighted by atomic mass is 10.1. The van der Waals surface area contributed by atoms with Crippen LogP contribution in [0.3, 0.4) is 0 Å². The van der Waals surface area contributed by atoms with Crippen LogP contribution < -0.4 is 5.73 Å². The summed E-state index contributed by atoms with van der Waals surface area (Å²) < 4.78 is 9.96. The van der Waals surface area contributed by atoms with E-state index in [9.17, 15) is 9.59 Å². The fourth-order valence-electron chi connectivity index (χ4n) is 1.03. The molecular formula is C12H23NO4. The summed E-state index contributed by atoms with van der Waals surface area (Å²) in [6.07, 6.45) is 1.62. The van der Waals surface area contributed by atoms with Gasteiger partial charge in [-0.3, -0.25) is 9.59 Å². The topological polar surface area (TPSA) is 78.6 Å². The zero-order chi connectivity index (χ0) is 13.5. The Morgan fingerprint density at radius 1 is 1.29 bits per heavy atom. The van der Waals surface area contributed by atoms with Gasteiger partial charge in [-0.1, -0.05) is 13.3 Å². The standard InChI is InChI=1S/C12H23NO4/c1-5-6-7-16-10(14)8-9(13)11(15)17-12(2,3)4/h9H,5-8,13H2,1-4H3. The van der Waals surface area contributed by atoms with Crippen LogP contribution in [0.5, 0.6) is 0 Å². The number of carbonyl (C=O) groups excluding carboxylic acids is 2. The van der Waals surface area contributed by atoms with Gasteiger partial charge in [0.1, 0.15) is 11.6 Å². The summed E-state index contributed by atoms with van der Waals surface area (Å²) in [5, 5.41) is 0. The molecule has 0 amide bonds. The second kappa shape index (κ2) is 7.27. The third-order valence-corrected chi connectivity index (χ3v) is 1.86. The molecule has 0 heterocycles. The Morgan fingerprint density at radius 3 is 2.35 bits per heavy atom. The molecule has 0 aromatic heterocycles. The van der Waals surface area contributed by atoms with E-state index in [1.807, 2.05) is 6.92 Å². The van der Waals surface area contributed by atoms with Crippen LogP contribution in [0.15, 0.2) is 0 Å². The van der Waals surface area contributed by atoms with Crippen molar-refractivity contribution in [1.82, 2.24) is 0 Å². The number of hydrogen-bond acceptors (Lipinski definition) is 5. The molecule has 0 rings (SSSR count). The molecule has 1 atom stereocenters. The van der Waals surface area contributed by atoms with E-state index in [0.29, 0.717) is 6.61 Å². The first-order chi connectivity index (χ1) is 7.76. The first kappa shape index (κ1) is 15.9. The number of rotatable bonds is 6. The summed E-state index contributed by atoms with van der Waals surface area (Å²) in [6.45, 7) is 7.61. The number of esters is 2. The quantitative estimate of drug-likeness (QED) is 0.565. The van der Waals surface area contributed by atoms with E-state index >= 15 is 0 Å². The maximum Gasteiger partial charge on any atom is 0.324 e. The van der Waals surface area contributed by atoms with E-state index in [4.69, 9.17) is 15.2 Å². The maximum absolute atomic E-state index is 11.5. The molecule has 0 aromatic rings. The van der Waals surface area contributed by atoms with E-state index in [1.54, 1.807) is 20.8 Å². The van der Waals surface area contributed by atoms with Gasteiger partial charge in [-0.05, 0) is 27.2 Å². The Balaban J connectivity index is 3.95. The largest absolute Gasteiger partial charge is 0.466 e. The normalized spacial score (nSPS) is 13.0. The Kier molecular flexibility index (Phi) is 6.80. The third-order valence-electron chi connectivity index (χ3n) is 1.86. The van der Waals surface area contributed by atoms with Crippen molar-refractivity contribution >= 4 is 11.9 Å². The molecule has 0 aliphatic carbocycles. The molecule has 0 aromatic carbocycles. The summed E-state index contributed by atoms with van der Waals surface area (Å²) in [6, 6.07) is -0.955. The molecule has 0 radical (unpaired) electrons. The smallest absolute Gasteiger partial charge is 0.324 e. The third kappa shape index (κ3) is 8.68. The minimum absolute atomic E-state index is 0.140. The second-order valence-corrected chi connectivity index (χ2v) is 4.92. The monoisotopic (exact) mass is 245 g/mol. The highest BCUT2D eigenvalue weighted by molar-refractivity contribution is 5.82. The summed E-state index contributed by atoms with van der Waals surface area (Å²) in [5.74, 6) is -1.04. The Bertz CT molecular complexity index is 258.